The van der Waals surface area contributed by atoms with E-state index in [4.69, 9.17) is 0 Å². The normalized spacial score (nSPS) is 12.0. The van der Waals surface area contributed by atoms with Gasteiger partial charge in [0.1, 0.15) is 22.3 Å². The standard InChI is InChI=1S/C18H13F3N2O3S/c1-10-9-22-18-11(6-13(20)7-14(10)18)2-5-17(24)23-27(25,26)16-8-12(19)3-4-15(16)21/h2-9,22H,1H3,(H,23,24)/b5-2+. The molecule has 9 heteroatoms. The lowest BCUT2D eigenvalue weighted by molar-refractivity contribution is -0.114. The molecule has 2 aromatic carbocycles. The first-order valence-electron chi connectivity index (χ1n) is 7.64. The van der Waals surface area contributed by atoms with Crippen molar-refractivity contribution in [3.05, 3.63) is 71.2 Å². The first kappa shape index (κ1) is 18.7. The average Bonchev–Trinajstić information content (AvgIpc) is 2.95. The highest BCUT2D eigenvalue weighted by Crippen LogP contribution is 2.24. The second kappa shape index (κ2) is 6.92. The van der Waals surface area contributed by atoms with Gasteiger partial charge < -0.3 is 4.98 Å². The van der Waals surface area contributed by atoms with Crippen molar-refractivity contribution in [3.8, 4) is 0 Å². The summed E-state index contributed by atoms with van der Waals surface area (Å²) in [4.78, 5) is 13.9. The number of aryl methyl sites for hydroxylation is 1. The maximum Gasteiger partial charge on any atom is 0.267 e. The predicted molar refractivity (Wildman–Crippen MR) is 93.7 cm³/mol. The third-order valence-electron chi connectivity index (χ3n) is 3.82. The summed E-state index contributed by atoms with van der Waals surface area (Å²) in [5.74, 6) is -3.79. The van der Waals surface area contributed by atoms with Crippen LogP contribution in [0.3, 0.4) is 0 Å². The highest BCUT2D eigenvalue weighted by Gasteiger charge is 2.21. The van der Waals surface area contributed by atoms with Gasteiger partial charge in [0, 0.05) is 23.2 Å². The number of fused-ring (bicyclic) bond motifs is 1. The summed E-state index contributed by atoms with van der Waals surface area (Å²) >= 11 is 0. The molecule has 0 saturated carbocycles. The summed E-state index contributed by atoms with van der Waals surface area (Å²) < 4.78 is 66.3. The molecule has 1 aromatic heterocycles. The molecule has 0 fully saturated rings. The summed E-state index contributed by atoms with van der Waals surface area (Å²) in [7, 11) is -4.61. The number of hydrogen-bond donors (Lipinski definition) is 2. The smallest absolute Gasteiger partial charge is 0.267 e. The number of hydrogen-bond acceptors (Lipinski definition) is 3. The van der Waals surface area contributed by atoms with Crippen molar-refractivity contribution in [1.82, 2.24) is 9.71 Å². The van der Waals surface area contributed by atoms with Crippen LogP contribution in [-0.2, 0) is 14.8 Å². The maximum atomic E-state index is 13.7. The molecule has 0 aliphatic rings. The Morgan fingerprint density at radius 3 is 2.59 bits per heavy atom. The fraction of sp³-hybridized carbons (Fsp3) is 0.0556. The number of H-pyrrole nitrogens is 1. The lowest BCUT2D eigenvalue weighted by Crippen LogP contribution is -2.29. The molecule has 1 heterocycles. The number of aromatic amines is 1. The van der Waals surface area contributed by atoms with E-state index < -0.39 is 38.3 Å². The van der Waals surface area contributed by atoms with Gasteiger partial charge in [-0.2, -0.15) is 0 Å². The van der Waals surface area contributed by atoms with Crippen LogP contribution in [0, 0.1) is 24.4 Å². The second-order valence-electron chi connectivity index (χ2n) is 5.77. The number of halogens is 3. The SMILES string of the molecule is Cc1c[nH]c2c(/C=C/C(=O)NS(=O)(=O)c3cc(F)ccc3F)cc(F)cc12. The molecular weight excluding hydrogens is 381 g/mol. The number of carbonyl (C=O) groups is 1. The zero-order valence-electron chi connectivity index (χ0n) is 13.9. The van der Waals surface area contributed by atoms with E-state index in [2.05, 4.69) is 4.98 Å². The molecule has 0 atom stereocenters. The van der Waals surface area contributed by atoms with Crippen molar-refractivity contribution in [2.24, 2.45) is 0 Å². The first-order valence-corrected chi connectivity index (χ1v) is 9.13. The van der Waals surface area contributed by atoms with Gasteiger partial charge in [0.05, 0.1) is 5.52 Å². The third-order valence-corrected chi connectivity index (χ3v) is 5.19. The number of aromatic nitrogens is 1. The van der Waals surface area contributed by atoms with Gasteiger partial charge in [-0.05, 0) is 48.9 Å². The van der Waals surface area contributed by atoms with Gasteiger partial charge in [0.2, 0.25) is 0 Å². The minimum atomic E-state index is -4.61. The molecule has 0 bridgehead atoms. The number of nitrogens with one attached hydrogen (secondary N) is 2. The molecule has 1 amide bonds. The minimum absolute atomic E-state index is 0.322. The average molecular weight is 394 g/mol. The fourth-order valence-electron chi connectivity index (χ4n) is 2.56. The van der Waals surface area contributed by atoms with Crippen LogP contribution in [0.5, 0.6) is 0 Å². The quantitative estimate of drug-likeness (QED) is 0.666. The monoisotopic (exact) mass is 394 g/mol. The zero-order valence-corrected chi connectivity index (χ0v) is 14.7. The Morgan fingerprint density at radius 2 is 1.85 bits per heavy atom. The lowest BCUT2D eigenvalue weighted by atomic mass is 10.1. The lowest BCUT2D eigenvalue weighted by Gasteiger charge is -2.06. The highest BCUT2D eigenvalue weighted by molar-refractivity contribution is 7.90. The van der Waals surface area contributed by atoms with Gasteiger partial charge in [-0.3, -0.25) is 4.79 Å². The molecule has 0 aliphatic heterocycles. The molecule has 5 nitrogen and oxygen atoms in total. The molecule has 2 N–H and O–H groups in total. The molecule has 0 aliphatic carbocycles. The predicted octanol–water partition coefficient (Wildman–Crippen LogP) is 3.41. The molecule has 0 unspecified atom stereocenters. The zero-order chi connectivity index (χ0) is 19.8. The summed E-state index contributed by atoms with van der Waals surface area (Å²) in [5.41, 5.74) is 1.69. The van der Waals surface area contributed by atoms with E-state index in [-0.39, 0.29) is 0 Å². The van der Waals surface area contributed by atoms with Crippen molar-refractivity contribution in [2.75, 3.05) is 0 Å². The molecule has 0 saturated heterocycles. The van der Waals surface area contributed by atoms with Crippen molar-refractivity contribution >= 4 is 32.9 Å². The second-order valence-corrected chi connectivity index (χ2v) is 7.42. The van der Waals surface area contributed by atoms with Crippen LogP contribution in [-0.4, -0.2) is 19.3 Å². The van der Waals surface area contributed by atoms with Crippen LogP contribution in [0.2, 0.25) is 0 Å². The maximum absolute atomic E-state index is 13.7. The van der Waals surface area contributed by atoms with Gasteiger partial charge in [-0.15, -0.1) is 0 Å². The van der Waals surface area contributed by atoms with Crippen LogP contribution in [0.25, 0.3) is 17.0 Å². The number of rotatable bonds is 4. The molecular formula is C18H13F3N2O3S. The number of benzene rings is 2. The molecule has 3 rings (SSSR count). The van der Waals surface area contributed by atoms with Crippen molar-refractivity contribution < 1.29 is 26.4 Å². The number of amides is 1. The Bertz CT molecular complexity index is 1180. The Morgan fingerprint density at radius 1 is 1.11 bits per heavy atom. The van der Waals surface area contributed by atoms with Crippen molar-refractivity contribution in [2.45, 2.75) is 11.8 Å². The number of carbonyl (C=O) groups excluding carboxylic acids is 1. The number of sulfonamides is 1. The Kier molecular flexibility index (Phi) is 4.79. The Labute approximate surface area is 152 Å². The van der Waals surface area contributed by atoms with E-state index in [0.29, 0.717) is 28.6 Å². The van der Waals surface area contributed by atoms with E-state index in [1.165, 1.54) is 18.2 Å². The van der Waals surface area contributed by atoms with E-state index in [1.807, 2.05) is 0 Å². The summed E-state index contributed by atoms with van der Waals surface area (Å²) in [5, 5.41) is 0.615. The molecule has 0 radical (unpaired) electrons. The highest BCUT2D eigenvalue weighted by atomic mass is 32.2. The van der Waals surface area contributed by atoms with Crippen LogP contribution < -0.4 is 4.72 Å². The molecule has 140 valence electrons. The Balaban J connectivity index is 1.87. The van der Waals surface area contributed by atoms with Crippen LogP contribution >= 0.6 is 0 Å². The molecule has 0 spiro atoms. The molecule has 27 heavy (non-hydrogen) atoms. The van der Waals surface area contributed by atoms with Crippen LogP contribution in [0.1, 0.15) is 11.1 Å². The molecule has 3 aromatic rings. The first-order chi connectivity index (χ1) is 12.7. The van der Waals surface area contributed by atoms with Crippen molar-refractivity contribution in [3.63, 3.8) is 0 Å². The van der Waals surface area contributed by atoms with E-state index in [1.54, 1.807) is 17.8 Å². The van der Waals surface area contributed by atoms with E-state index >= 15 is 0 Å². The summed E-state index contributed by atoms with van der Waals surface area (Å²) in [6.45, 7) is 1.78. The summed E-state index contributed by atoms with van der Waals surface area (Å²) in [6, 6.07) is 4.36. The fourth-order valence-corrected chi connectivity index (χ4v) is 3.60. The summed E-state index contributed by atoms with van der Waals surface area (Å²) in [6.07, 6.45) is 3.74. The van der Waals surface area contributed by atoms with E-state index in [9.17, 15) is 26.4 Å². The topological polar surface area (TPSA) is 79.0 Å². The van der Waals surface area contributed by atoms with Gasteiger partial charge in [-0.1, -0.05) is 0 Å². The largest absolute Gasteiger partial charge is 0.360 e. The van der Waals surface area contributed by atoms with Crippen molar-refractivity contribution in [1.29, 1.82) is 0 Å². The van der Waals surface area contributed by atoms with Gasteiger partial charge in [-0.25, -0.2) is 26.3 Å². The van der Waals surface area contributed by atoms with Gasteiger partial charge in [0.25, 0.3) is 15.9 Å². The van der Waals surface area contributed by atoms with E-state index in [0.717, 1.165) is 17.7 Å². The Hall–Kier alpha value is -3.07. The van der Waals surface area contributed by atoms with Gasteiger partial charge >= 0.3 is 0 Å². The third kappa shape index (κ3) is 3.87. The minimum Gasteiger partial charge on any atom is -0.360 e. The van der Waals surface area contributed by atoms with Crippen LogP contribution in [0.15, 0.2) is 47.5 Å². The van der Waals surface area contributed by atoms with Crippen LogP contribution in [0.4, 0.5) is 13.2 Å². The van der Waals surface area contributed by atoms with Gasteiger partial charge in [0.15, 0.2) is 0 Å².